The highest BCUT2D eigenvalue weighted by Crippen LogP contribution is 2.37. The van der Waals surface area contributed by atoms with Crippen LogP contribution in [0.5, 0.6) is 5.75 Å². The Balaban J connectivity index is 0.000000353. The second-order valence-electron chi connectivity index (χ2n) is 20.6. The molecule has 0 atom stereocenters. The first-order valence-electron chi connectivity index (χ1n) is 27.9. The van der Waals surface area contributed by atoms with Crippen LogP contribution in [0.3, 0.4) is 0 Å². The van der Waals surface area contributed by atoms with Gasteiger partial charge in [-0.25, -0.2) is 14.4 Å². The Bertz CT molecular complexity index is 3290. The molecule has 17 heteroatoms. The molecule has 2 aliphatic rings. The number of carbonyl (C=O) groups is 5. The number of nitrogens with two attached hydrogens (primary N) is 1. The van der Waals surface area contributed by atoms with E-state index in [0.717, 1.165) is 59.1 Å². The highest BCUT2D eigenvalue weighted by atomic mass is 28.4. The number of amides is 2. The summed E-state index contributed by atoms with van der Waals surface area (Å²) in [6, 6.07) is 41.1. The second-order valence-corrected chi connectivity index (χ2v) is 24.9. The molecule has 1 saturated heterocycles. The molecule has 3 heterocycles. The van der Waals surface area contributed by atoms with Gasteiger partial charge in [0.15, 0.2) is 5.78 Å². The van der Waals surface area contributed by atoms with E-state index >= 15 is 0 Å². The lowest BCUT2D eigenvalue weighted by molar-refractivity contribution is -0.194. The number of hydrogen-bond acceptors (Lipinski definition) is 15. The van der Waals surface area contributed by atoms with Crippen LogP contribution in [0, 0.1) is 0 Å². The second kappa shape index (κ2) is 30.1. The average molecular weight is 1150 g/mol. The highest BCUT2D eigenvalue weighted by molar-refractivity contribution is 6.99. The summed E-state index contributed by atoms with van der Waals surface area (Å²) in [4.78, 5) is 83.7. The molecule has 1 aromatic heterocycles. The van der Waals surface area contributed by atoms with E-state index in [1.165, 1.54) is 0 Å². The maximum atomic E-state index is 13.5. The number of ether oxygens (including phenoxy) is 3. The summed E-state index contributed by atoms with van der Waals surface area (Å²) in [6.45, 7) is 19.0. The fourth-order valence-electron chi connectivity index (χ4n) is 9.81. The van der Waals surface area contributed by atoms with Crippen LogP contribution in [0.4, 0.5) is 17.1 Å². The molecule has 0 aliphatic carbocycles. The van der Waals surface area contributed by atoms with Gasteiger partial charge in [-0.15, -0.1) is 5.06 Å². The minimum absolute atomic E-state index is 0. The predicted molar refractivity (Wildman–Crippen MR) is 330 cm³/mol. The SMILES string of the molecule is C.CCN(CC)c1ccc2c(c1)OCC(C(=O)ON1C(=O)CCC1=O)=C2.CCN(CC)c1ccc2cc(C(=O)CCCOCCOC(=O)C(/C=C/c3ccc(N)cc3)=C/CO[Si](c3ccccc3)(c3ccccc3)C(C)(C)C)c(=O)oc2c1. The number of hydrogen-bond donors (Lipinski definition) is 1. The number of benzene rings is 5. The first kappa shape index (κ1) is 63.8. The lowest BCUT2D eigenvalue weighted by atomic mass is 10.1. The van der Waals surface area contributed by atoms with Gasteiger partial charge in [-0.05, 0) is 116 Å². The molecule has 6 aromatic rings. The number of rotatable bonds is 24. The summed E-state index contributed by atoms with van der Waals surface area (Å²) in [5.74, 6) is -1.88. The molecule has 0 bridgehead atoms. The van der Waals surface area contributed by atoms with Crippen molar-refractivity contribution in [2.75, 3.05) is 74.7 Å². The molecule has 1 fully saturated rings. The number of nitrogens with zero attached hydrogens (tertiary/aromatic N) is 3. The van der Waals surface area contributed by atoms with Crippen LogP contribution < -0.4 is 36.3 Å². The molecule has 16 nitrogen and oxygen atoms in total. The van der Waals surface area contributed by atoms with Gasteiger partial charge >= 0.3 is 17.6 Å². The third kappa shape index (κ3) is 16.2. The molecule has 2 N–H and O–H groups in total. The molecular formula is C66H78N4O12Si. The predicted octanol–water partition coefficient (Wildman–Crippen LogP) is 10.5. The molecule has 0 radical (unpaired) electrons. The number of ketones is 1. The van der Waals surface area contributed by atoms with Gasteiger partial charge in [0.1, 0.15) is 30.1 Å². The first-order chi connectivity index (χ1) is 39.5. The molecule has 2 aliphatic heterocycles. The van der Waals surface area contributed by atoms with Crippen LogP contribution >= 0.6 is 0 Å². The first-order valence-corrected chi connectivity index (χ1v) is 29.8. The summed E-state index contributed by atoms with van der Waals surface area (Å²) in [7, 11) is -2.85. The Morgan fingerprint density at radius 1 is 0.735 bits per heavy atom. The van der Waals surface area contributed by atoms with Crippen LogP contribution in [0.1, 0.15) is 103 Å². The molecule has 0 unspecified atom stereocenters. The van der Waals surface area contributed by atoms with Crippen molar-refractivity contribution in [3.63, 3.8) is 0 Å². The average Bonchev–Trinajstić information content (AvgIpc) is 3.12. The number of carbonyl (C=O) groups excluding carboxylic acids is 5. The molecule has 5 aromatic carbocycles. The summed E-state index contributed by atoms with van der Waals surface area (Å²) in [5.41, 5.74) is 10.6. The van der Waals surface area contributed by atoms with E-state index in [4.69, 9.17) is 33.6 Å². The summed E-state index contributed by atoms with van der Waals surface area (Å²) < 4.78 is 29.6. The molecule has 8 rings (SSSR count). The summed E-state index contributed by atoms with van der Waals surface area (Å²) in [6.07, 6.45) is 7.64. The van der Waals surface area contributed by atoms with Gasteiger partial charge in [-0.2, -0.15) is 0 Å². The number of nitrogen functional groups attached to an aromatic ring is 1. The zero-order chi connectivity index (χ0) is 58.8. The zero-order valence-electron chi connectivity index (χ0n) is 47.9. The van der Waals surface area contributed by atoms with Crippen molar-refractivity contribution in [2.45, 2.75) is 86.6 Å². The molecule has 438 valence electrons. The highest BCUT2D eigenvalue weighted by Gasteiger charge is 2.50. The monoisotopic (exact) mass is 1150 g/mol. The van der Waals surface area contributed by atoms with Crippen molar-refractivity contribution in [1.29, 1.82) is 0 Å². The van der Waals surface area contributed by atoms with E-state index in [1.54, 1.807) is 36.4 Å². The van der Waals surface area contributed by atoms with E-state index in [9.17, 15) is 28.8 Å². The van der Waals surface area contributed by atoms with Crippen LogP contribution in [-0.2, 0) is 37.9 Å². The molecular weight excluding hydrogens is 1070 g/mol. The van der Waals surface area contributed by atoms with Crippen LogP contribution in [0.2, 0.25) is 5.04 Å². The number of fused-ring (bicyclic) bond motifs is 2. The number of esters is 1. The lowest BCUT2D eigenvalue weighted by Crippen LogP contribution is -2.66. The van der Waals surface area contributed by atoms with Gasteiger partial charge in [-0.3, -0.25) is 14.4 Å². The summed E-state index contributed by atoms with van der Waals surface area (Å²) in [5, 5.41) is 3.29. The zero-order valence-corrected chi connectivity index (χ0v) is 48.9. The van der Waals surface area contributed by atoms with Gasteiger partial charge in [0, 0.05) is 92.2 Å². The normalized spacial score (nSPS) is 13.3. The topological polar surface area (TPSA) is 197 Å². The molecule has 2 amide bonds. The maximum absolute atomic E-state index is 13.5. The molecule has 83 heavy (non-hydrogen) atoms. The van der Waals surface area contributed by atoms with Gasteiger partial charge in [-0.1, -0.05) is 107 Å². The van der Waals surface area contributed by atoms with Gasteiger partial charge in [0.25, 0.3) is 20.1 Å². The van der Waals surface area contributed by atoms with Crippen LogP contribution in [0.25, 0.3) is 23.1 Å². The fourth-order valence-corrected chi connectivity index (χ4v) is 14.3. The van der Waals surface area contributed by atoms with E-state index in [0.29, 0.717) is 39.5 Å². The Morgan fingerprint density at radius 2 is 1.34 bits per heavy atom. The summed E-state index contributed by atoms with van der Waals surface area (Å²) >= 11 is 0. The number of imide groups is 1. The molecule has 0 spiro atoms. The van der Waals surface area contributed by atoms with Gasteiger partial charge in [0.2, 0.25) is 0 Å². The largest absolute Gasteiger partial charge is 0.488 e. The van der Waals surface area contributed by atoms with Crippen molar-refractivity contribution in [1.82, 2.24) is 5.06 Å². The number of anilines is 3. The van der Waals surface area contributed by atoms with Crippen LogP contribution in [0.15, 0.2) is 160 Å². The smallest absolute Gasteiger partial charge is 0.363 e. The van der Waals surface area contributed by atoms with Crippen molar-refractivity contribution >= 4 is 88.4 Å². The van der Waals surface area contributed by atoms with E-state index in [-0.39, 0.29) is 81.7 Å². The number of Topliss-reactive ketones (excluding diaryl/α,β-unsaturated/α-hetero) is 1. The van der Waals surface area contributed by atoms with Crippen LogP contribution in [-0.4, -0.2) is 102 Å². The Kier molecular flexibility index (Phi) is 23.1. The minimum Gasteiger partial charge on any atom is -0.488 e. The van der Waals surface area contributed by atoms with Crippen molar-refractivity contribution < 1.29 is 51.9 Å². The Labute approximate surface area is 488 Å². The Hall–Kier alpha value is -8.38. The standard InChI is InChI=1S/C47H54N2O7Si.C18H20N2O5.CH4/c1-6-49(7-2)39-27-24-37-33-42(46(52)56-44(37)34-39)43(50)19-14-29-53-31-32-54-45(51)36(23-20-35-21-25-38(48)26-22-35)28-30-55-57(47(3,4)5,40-15-10-8-11-16-40)41-17-12-9-13-18-41;1-3-19(4-2)14-6-5-12-9-13(11-24-15(12)10-14)18(23)25-20-16(21)7-8-17(20)22;/h8-13,15-18,20-28,33-34H,6-7,14,19,29-32,48H2,1-5H3;5-6,9-10H,3-4,7-8,11H2,1-2H3;1H4/b23-20+,36-28+;;. The number of hydroxylamine groups is 2. The Morgan fingerprint density at radius 3 is 1.94 bits per heavy atom. The molecule has 0 saturated carbocycles. The quantitative estimate of drug-likeness (QED) is 0.00691. The van der Waals surface area contributed by atoms with E-state index < -0.39 is 37.7 Å². The fraction of sp³-hybridized carbons (Fsp3) is 0.333. The minimum atomic E-state index is -2.85. The van der Waals surface area contributed by atoms with Crippen molar-refractivity contribution in [3.8, 4) is 5.75 Å². The third-order valence-corrected chi connectivity index (χ3v) is 19.2. The van der Waals surface area contributed by atoms with Gasteiger partial charge < -0.3 is 43.4 Å². The lowest BCUT2D eigenvalue weighted by Gasteiger charge is -2.42. The van der Waals surface area contributed by atoms with Crippen molar-refractivity contribution in [3.05, 3.63) is 178 Å². The van der Waals surface area contributed by atoms with Crippen molar-refractivity contribution in [2.24, 2.45) is 0 Å². The maximum Gasteiger partial charge on any atom is 0.363 e. The van der Waals surface area contributed by atoms with E-state index in [2.05, 4.69) is 82.5 Å². The van der Waals surface area contributed by atoms with E-state index in [1.807, 2.05) is 91.0 Å². The third-order valence-electron chi connectivity index (χ3n) is 14.2. The van der Waals surface area contributed by atoms with Gasteiger partial charge in [0.05, 0.1) is 24.4 Å².